The Hall–Kier alpha value is -2.45. The van der Waals surface area contributed by atoms with E-state index in [0.717, 1.165) is 4.47 Å². The maximum atomic E-state index is 10.9. The molecule has 0 radical (unpaired) electrons. The molecule has 6 nitrogen and oxygen atoms in total. The normalized spacial score (nSPS) is 10.5. The molecule has 2 rings (SSSR count). The molecule has 0 unspecified atom stereocenters. The predicted molar refractivity (Wildman–Crippen MR) is 96.2 cm³/mol. The van der Waals surface area contributed by atoms with E-state index in [2.05, 4.69) is 31.8 Å². The van der Waals surface area contributed by atoms with Crippen LogP contribution in [0.5, 0.6) is 5.75 Å². The average Bonchev–Trinajstić information content (AvgIpc) is 2.51. The highest BCUT2D eigenvalue weighted by atomic mass is 79.9. The molecule has 118 valence electrons. The topological polar surface area (TPSA) is 94.0 Å². The summed E-state index contributed by atoms with van der Waals surface area (Å²) < 4.78 is 0.808. The number of carboxylic acids is 1. The van der Waals surface area contributed by atoms with Crippen LogP contribution in [0.25, 0.3) is 0 Å². The molecule has 2 aromatic carbocycles. The van der Waals surface area contributed by atoms with Crippen molar-refractivity contribution in [1.29, 1.82) is 0 Å². The second-order valence-electron chi connectivity index (χ2n) is 4.41. The third kappa shape index (κ3) is 5.04. The second kappa shape index (κ2) is 7.70. The summed E-state index contributed by atoms with van der Waals surface area (Å²) in [6.45, 7) is 0. The lowest BCUT2D eigenvalue weighted by Gasteiger charge is -2.07. The number of carbonyl (C=O) groups is 1. The minimum Gasteiger partial charge on any atom is -0.507 e. The van der Waals surface area contributed by atoms with Gasteiger partial charge in [0.1, 0.15) is 5.75 Å². The number of phenolic OH excluding ortho intramolecular Hbond substituents is 1. The first-order chi connectivity index (χ1) is 11.0. The van der Waals surface area contributed by atoms with Gasteiger partial charge in [0.05, 0.1) is 11.8 Å². The molecule has 0 spiro atoms. The molecule has 23 heavy (non-hydrogen) atoms. The van der Waals surface area contributed by atoms with Gasteiger partial charge in [-0.1, -0.05) is 22.0 Å². The van der Waals surface area contributed by atoms with Gasteiger partial charge in [-0.15, -0.1) is 0 Å². The molecule has 0 aliphatic heterocycles. The lowest BCUT2D eigenvalue weighted by Crippen LogP contribution is -2.24. The van der Waals surface area contributed by atoms with E-state index in [1.165, 1.54) is 18.3 Å². The number of aromatic carboxylic acids is 1. The first-order valence-corrected chi connectivity index (χ1v) is 7.58. The van der Waals surface area contributed by atoms with Crippen LogP contribution in [0.4, 0.5) is 5.69 Å². The second-order valence-corrected chi connectivity index (χ2v) is 5.74. The highest BCUT2D eigenvalue weighted by Crippen LogP contribution is 2.19. The van der Waals surface area contributed by atoms with E-state index in [1.54, 1.807) is 30.3 Å². The summed E-state index contributed by atoms with van der Waals surface area (Å²) in [4.78, 5) is 10.9. The number of hydrogen-bond acceptors (Lipinski definition) is 4. The standard InChI is InChI=1S/C15H12BrN3O3S/c16-11-4-5-13(20)10(6-11)8-17-19-15(23)18-12-3-1-2-9(7-12)14(21)22/h1-8,20H,(H,21,22)(H2,18,19,23)/b17-8-. The number of aromatic hydroxyl groups is 1. The molecule has 0 heterocycles. The Morgan fingerprint density at radius 1 is 1.26 bits per heavy atom. The number of nitrogens with zero attached hydrogens (tertiary/aromatic N) is 1. The van der Waals surface area contributed by atoms with Crippen molar-refractivity contribution in [1.82, 2.24) is 5.43 Å². The Kier molecular flexibility index (Phi) is 5.67. The highest BCUT2D eigenvalue weighted by molar-refractivity contribution is 9.10. The zero-order valence-electron chi connectivity index (χ0n) is 11.7. The monoisotopic (exact) mass is 393 g/mol. The van der Waals surface area contributed by atoms with Gasteiger partial charge in [0, 0.05) is 15.7 Å². The smallest absolute Gasteiger partial charge is 0.335 e. The maximum Gasteiger partial charge on any atom is 0.335 e. The number of carboxylic acid groups (broad SMARTS) is 1. The lowest BCUT2D eigenvalue weighted by atomic mass is 10.2. The molecule has 0 amide bonds. The number of hydrogen-bond donors (Lipinski definition) is 4. The molecule has 0 fully saturated rings. The Morgan fingerprint density at radius 2 is 2.04 bits per heavy atom. The van der Waals surface area contributed by atoms with Crippen molar-refractivity contribution in [3.05, 3.63) is 58.1 Å². The number of phenols is 1. The van der Waals surface area contributed by atoms with Crippen molar-refractivity contribution < 1.29 is 15.0 Å². The van der Waals surface area contributed by atoms with E-state index in [4.69, 9.17) is 17.3 Å². The fourth-order valence-electron chi connectivity index (χ4n) is 1.68. The minimum atomic E-state index is -1.02. The van der Waals surface area contributed by atoms with Crippen molar-refractivity contribution in [2.75, 3.05) is 5.32 Å². The van der Waals surface area contributed by atoms with E-state index in [9.17, 15) is 9.90 Å². The molecule has 0 atom stereocenters. The van der Waals surface area contributed by atoms with Crippen LogP contribution >= 0.6 is 28.1 Å². The van der Waals surface area contributed by atoms with Crippen LogP contribution < -0.4 is 10.7 Å². The predicted octanol–water partition coefficient (Wildman–Crippen LogP) is 3.17. The zero-order valence-corrected chi connectivity index (χ0v) is 14.1. The first-order valence-electron chi connectivity index (χ1n) is 6.37. The summed E-state index contributed by atoms with van der Waals surface area (Å²) in [5.74, 6) is -0.928. The van der Waals surface area contributed by atoms with Crippen LogP contribution in [0.3, 0.4) is 0 Å². The molecular weight excluding hydrogens is 382 g/mol. The molecule has 0 bridgehead atoms. The van der Waals surface area contributed by atoms with Crippen molar-refractivity contribution in [2.24, 2.45) is 5.10 Å². The van der Waals surface area contributed by atoms with Gasteiger partial charge in [0.15, 0.2) is 5.11 Å². The van der Waals surface area contributed by atoms with Crippen LogP contribution in [0, 0.1) is 0 Å². The van der Waals surface area contributed by atoms with E-state index >= 15 is 0 Å². The molecule has 0 aliphatic carbocycles. The van der Waals surface area contributed by atoms with Crippen LogP contribution in [0.2, 0.25) is 0 Å². The number of halogens is 1. The Morgan fingerprint density at radius 3 is 2.78 bits per heavy atom. The van der Waals surface area contributed by atoms with Gasteiger partial charge >= 0.3 is 5.97 Å². The van der Waals surface area contributed by atoms with E-state index in [0.29, 0.717) is 11.3 Å². The van der Waals surface area contributed by atoms with Gasteiger partial charge in [-0.3, -0.25) is 5.43 Å². The molecule has 0 saturated heterocycles. The van der Waals surface area contributed by atoms with E-state index in [-0.39, 0.29) is 16.4 Å². The van der Waals surface area contributed by atoms with Crippen molar-refractivity contribution >= 4 is 51.1 Å². The van der Waals surface area contributed by atoms with Crippen molar-refractivity contribution in [2.45, 2.75) is 0 Å². The zero-order chi connectivity index (χ0) is 16.8. The minimum absolute atomic E-state index is 0.0896. The van der Waals surface area contributed by atoms with Crippen LogP contribution in [0.1, 0.15) is 15.9 Å². The fraction of sp³-hybridized carbons (Fsp3) is 0. The number of nitrogens with one attached hydrogen (secondary N) is 2. The number of benzene rings is 2. The Bertz CT molecular complexity index is 780. The third-order valence-corrected chi connectivity index (χ3v) is 3.41. The summed E-state index contributed by atoms with van der Waals surface area (Å²) in [5, 5.41) is 25.5. The quantitative estimate of drug-likeness (QED) is 0.362. The van der Waals surface area contributed by atoms with E-state index < -0.39 is 5.97 Å². The van der Waals surface area contributed by atoms with Crippen LogP contribution in [0.15, 0.2) is 52.0 Å². The largest absolute Gasteiger partial charge is 0.507 e. The molecular formula is C15H12BrN3O3S. The first kappa shape index (κ1) is 16.9. The van der Waals surface area contributed by atoms with Gasteiger partial charge < -0.3 is 15.5 Å². The third-order valence-electron chi connectivity index (χ3n) is 2.73. The number of thiocarbonyl (C=S) groups is 1. The summed E-state index contributed by atoms with van der Waals surface area (Å²) in [5.41, 5.74) is 3.79. The van der Waals surface area contributed by atoms with Gasteiger partial charge in [0.25, 0.3) is 0 Å². The average molecular weight is 394 g/mol. The highest BCUT2D eigenvalue weighted by Gasteiger charge is 2.04. The fourth-order valence-corrected chi connectivity index (χ4v) is 2.23. The summed E-state index contributed by atoms with van der Waals surface area (Å²) >= 11 is 8.36. The Labute approximate surface area is 146 Å². The van der Waals surface area contributed by atoms with Crippen LogP contribution in [-0.4, -0.2) is 27.5 Å². The summed E-state index contributed by atoms with van der Waals surface area (Å²) in [6.07, 6.45) is 1.42. The molecule has 0 aromatic heterocycles. The van der Waals surface area contributed by atoms with Gasteiger partial charge in [-0.25, -0.2) is 4.79 Å². The Balaban J connectivity index is 1.97. The lowest BCUT2D eigenvalue weighted by molar-refractivity contribution is 0.0697. The van der Waals surface area contributed by atoms with Crippen molar-refractivity contribution in [3.8, 4) is 5.75 Å². The molecule has 4 N–H and O–H groups in total. The van der Waals surface area contributed by atoms with Gasteiger partial charge in [-0.05, 0) is 48.6 Å². The summed E-state index contributed by atoms with van der Waals surface area (Å²) in [7, 11) is 0. The molecule has 8 heteroatoms. The molecule has 0 saturated carbocycles. The summed E-state index contributed by atoms with van der Waals surface area (Å²) in [6, 6.07) is 11.2. The van der Waals surface area contributed by atoms with Crippen LogP contribution in [-0.2, 0) is 0 Å². The molecule has 0 aliphatic rings. The maximum absolute atomic E-state index is 10.9. The van der Waals surface area contributed by atoms with Gasteiger partial charge in [-0.2, -0.15) is 5.10 Å². The number of hydrazone groups is 1. The SMILES string of the molecule is O=C(O)c1cccc(NC(=S)N/N=C\c2cc(Br)ccc2O)c1. The van der Waals surface area contributed by atoms with E-state index in [1.807, 2.05) is 0 Å². The number of rotatable bonds is 4. The van der Waals surface area contributed by atoms with Gasteiger partial charge in [0.2, 0.25) is 0 Å². The molecule has 2 aromatic rings. The van der Waals surface area contributed by atoms with Crippen molar-refractivity contribution in [3.63, 3.8) is 0 Å². The number of anilines is 1.